The van der Waals surface area contributed by atoms with Crippen LogP contribution in [0.3, 0.4) is 0 Å². The Morgan fingerprint density at radius 2 is 2.26 bits per heavy atom. The first kappa shape index (κ1) is 12.8. The van der Waals surface area contributed by atoms with Crippen molar-refractivity contribution < 1.29 is 14.2 Å². The van der Waals surface area contributed by atoms with Crippen molar-refractivity contribution in [2.75, 3.05) is 20.3 Å². The van der Waals surface area contributed by atoms with Crippen LogP contribution in [-0.2, 0) is 11.2 Å². The van der Waals surface area contributed by atoms with Gasteiger partial charge in [-0.2, -0.15) is 0 Å². The van der Waals surface area contributed by atoms with Crippen molar-refractivity contribution >= 4 is 0 Å². The standard InChI is InChI=1S/C15H21NO3/c1-17-13-4-2-3-11(9-15(16)6-7-15)14(13)19-12-5-8-18-10-12/h2-4,12H,5-10,16H2,1H3. The van der Waals surface area contributed by atoms with Crippen molar-refractivity contribution in [3.05, 3.63) is 23.8 Å². The summed E-state index contributed by atoms with van der Waals surface area (Å²) < 4.78 is 16.9. The fourth-order valence-corrected chi connectivity index (χ4v) is 2.48. The average Bonchev–Trinajstić information content (AvgIpc) is 2.92. The number of hydrogen-bond acceptors (Lipinski definition) is 4. The van der Waals surface area contributed by atoms with Gasteiger partial charge in [0.25, 0.3) is 0 Å². The van der Waals surface area contributed by atoms with Gasteiger partial charge in [-0.05, 0) is 30.9 Å². The second kappa shape index (κ2) is 5.02. The molecule has 0 spiro atoms. The summed E-state index contributed by atoms with van der Waals surface area (Å²) in [5, 5.41) is 0. The summed E-state index contributed by atoms with van der Waals surface area (Å²) >= 11 is 0. The summed E-state index contributed by atoms with van der Waals surface area (Å²) in [5.41, 5.74) is 7.34. The molecule has 4 nitrogen and oxygen atoms in total. The van der Waals surface area contributed by atoms with Gasteiger partial charge in [-0.25, -0.2) is 0 Å². The minimum absolute atomic E-state index is 0.0311. The van der Waals surface area contributed by atoms with Gasteiger partial charge in [-0.15, -0.1) is 0 Å². The molecule has 2 N–H and O–H groups in total. The van der Waals surface area contributed by atoms with Crippen molar-refractivity contribution in [3.8, 4) is 11.5 Å². The fraction of sp³-hybridized carbons (Fsp3) is 0.600. The summed E-state index contributed by atoms with van der Waals surface area (Å²) in [6, 6.07) is 6.02. The van der Waals surface area contributed by atoms with E-state index in [0.29, 0.717) is 6.61 Å². The highest BCUT2D eigenvalue weighted by Gasteiger charge is 2.39. The molecule has 0 bridgehead atoms. The van der Waals surface area contributed by atoms with E-state index in [1.54, 1.807) is 7.11 Å². The summed E-state index contributed by atoms with van der Waals surface area (Å²) in [6.07, 6.45) is 4.10. The van der Waals surface area contributed by atoms with E-state index in [-0.39, 0.29) is 11.6 Å². The van der Waals surface area contributed by atoms with Crippen molar-refractivity contribution in [1.29, 1.82) is 0 Å². The predicted molar refractivity (Wildman–Crippen MR) is 72.7 cm³/mol. The zero-order chi connectivity index (χ0) is 13.3. The van der Waals surface area contributed by atoms with Gasteiger partial charge in [-0.3, -0.25) is 0 Å². The van der Waals surface area contributed by atoms with E-state index in [9.17, 15) is 0 Å². The van der Waals surface area contributed by atoms with E-state index in [1.165, 1.54) is 0 Å². The monoisotopic (exact) mass is 263 g/mol. The molecule has 1 heterocycles. The lowest BCUT2D eigenvalue weighted by atomic mass is 10.0. The van der Waals surface area contributed by atoms with Gasteiger partial charge >= 0.3 is 0 Å². The van der Waals surface area contributed by atoms with Gasteiger partial charge in [0.15, 0.2) is 11.5 Å². The molecular weight excluding hydrogens is 242 g/mol. The molecule has 3 rings (SSSR count). The maximum absolute atomic E-state index is 6.23. The third-order valence-corrected chi connectivity index (χ3v) is 3.89. The Morgan fingerprint density at radius 1 is 1.42 bits per heavy atom. The molecule has 0 radical (unpaired) electrons. The van der Waals surface area contributed by atoms with Gasteiger partial charge in [0.1, 0.15) is 6.10 Å². The molecular formula is C15H21NO3. The summed E-state index contributed by atoms with van der Waals surface area (Å²) in [5.74, 6) is 1.63. The quantitative estimate of drug-likeness (QED) is 0.881. The minimum atomic E-state index is -0.0311. The van der Waals surface area contributed by atoms with E-state index in [0.717, 1.165) is 49.4 Å². The zero-order valence-corrected chi connectivity index (χ0v) is 11.4. The van der Waals surface area contributed by atoms with Gasteiger partial charge in [0, 0.05) is 12.0 Å². The molecule has 19 heavy (non-hydrogen) atoms. The van der Waals surface area contributed by atoms with Gasteiger partial charge in [0.2, 0.25) is 0 Å². The van der Waals surface area contributed by atoms with Crippen LogP contribution in [0.1, 0.15) is 24.8 Å². The molecule has 1 atom stereocenters. The summed E-state index contributed by atoms with van der Waals surface area (Å²) in [4.78, 5) is 0. The van der Waals surface area contributed by atoms with Gasteiger partial charge < -0.3 is 19.9 Å². The zero-order valence-electron chi connectivity index (χ0n) is 11.4. The smallest absolute Gasteiger partial charge is 0.164 e. The maximum atomic E-state index is 6.23. The fourth-order valence-electron chi connectivity index (χ4n) is 2.48. The largest absolute Gasteiger partial charge is 0.493 e. The summed E-state index contributed by atoms with van der Waals surface area (Å²) in [6.45, 7) is 1.43. The normalized spacial score (nSPS) is 24.2. The van der Waals surface area contributed by atoms with Crippen LogP contribution >= 0.6 is 0 Å². The van der Waals surface area contributed by atoms with Crippen molar-refractivity contribution in [3.63, 3.8) is 0 Å². The average molecular weight is 263 g/mol. The van der Waals surface area contributed by atoms with Crippen LogP contribution in [0.2, 0.25) is 0 Å². The Hall–Kier alpha value is -1.26. The highest BCUT2D eigenvalue weighted by Crippen LogP contribution is 2.41. The van der Waals surface area contributed by atoms with Crippen molar-refractivity contribution in [1.82, 2.24) is 0 Å². The lowest BCUT2D eigenvalue weighted by molar-refractivity contribution is 0.138. The van der Waals surface area contributed by atoms with E-state index in [2.05, 4.69) is 6.07 Å². The van der Waals surface area contributed by atoms with E-state index in [1.807, 2.05) is 12.1 Å². The molecule has 1 aliphatic heterocycles. The SMILES string of the molecule is COc1cccc(CC2(N)CC2)c1OC1CCOC1. The Morgan fingerprint density at radius 3 is 2.89 bits per heavy atom. The van der Waals surface area contributed by atoms with Crippen LogP contribution in [0.25, 0.3) is 0 Å². The highest BCUT2D eigenvalue weighted by molar-refractivity contribution is 5.48. The first-order valence-electron chi connectivity index (χ1n) is 6.89. The molecule has 1 aromatic carbocycles. The molecule has 0 aromatic heterocycles. The molecule has 1 saturated carbocycles. The molecule has 4 heteroatoms. The number of rotatable bonds is 5. The van der Waals surface area contributed by atoms with E-state index in [4.69, 9.17) is 19.9 Å². The van der Waals surface area contributed by atoms with Crippen LogP contribution in [-0.4, -0.2) is 32.0 Å². The van der Waals surface area contributed by atoms with E-state index < -0.39 is 0 Å². The molecule has 1 saturated heterocycles. The second-order valence-electron chi connectivity index (χ2n) is 5.59. The van der Waals surface area contributed by atoms with Gasteiger partial charge in [0.05, 0.1) is 20.3 Å². The van der Waals surface area contributed by atoms with Crippen LogP contribution in [0.5, 0.6) is 11.5 Å². The molecule has 104 valence electrons. The molecule has 1 aliphatic carbocycles. The maximum Gasteiger partial charge on any atom is 0.164 e. The number of benzene rings is 1. The molecule has 2 fully saturated rings. The third kappa shape index (κ3) is 2.85. The van der Waals surface area contributed by atoms with Crippen molar-refractivity contribution in [2.45, 2.75) is 37.3 Å². The van der Waals surface area contributed by atoms with E-state index >= 15 is 0 Å². The molecule has 1 aromatic rings. The molecule has 1 unspecified atom stereocenters. The van der Waals surface area contributed by atoms with Crippen LogP contribution in [0.4, 0.5) is 0 Å². The summed E-state index contributed by atoms with van der Waals surface area (Å²) in [7, 11) is 1.67. The lowest BCUT2D eigenvalue weighted by Gasteiger charge is -2.20. The topological polar surface area (TPSA) is 53.7 Å². The first-order valence-corrected chi connectivity index (χ1v) is 6.89. The van der Waals surface area contributed by atoms with Gasteiger partial charge in [-0.1, -0.05) is 12.1 Å². The Bertz CT molecular complexity index is 451. The minimum Gasteiger partial charge on any atom is -0.493 e. The Kier molecular flexibility index (Phi) is 3.37. The first-order chi connectivity index (χ1) is 9.20. The predicted octanol–water partition coefficient (Wildman–Crippen LogP) is 1.90. The third-order valence-electron chi connectivity index (χ3n) is 3.89. The number of ether oxygens (including phenoxy) is 3. The lowest BCUT2D eigenvalue weighted by Crippen LogP contribution is -2.25. The second-order valence-corrected chi connectivity index (χ2v) is 5.59. The highest BCUT2D eigenvalue weighted by atomic mass is 16.6. The van der Waals surface area contributed by atoms with Crippen molar-refractivity contribution in [2.24, 2.45) is 5.73 Å². The number of para-hydroxylation sites is 1. The molecule has 0 amide bonds. The number of methoxy groups -OCH3 is 1. The molecule has 2 aliphatic rings. The number of nitrogens with two attached hydrogens (primary N) is 1. The van der Waals surface area contributed by atoms with Crippen LogP contribution in [0.15, 0.2) is 18.2 Å². The van der Waals surface area contributed by atoms with Crippen LogP contribution < -0.4 is 15.2 Å². The number of hydrogen-bond donors (Lipinski definition) is 1. The Balaban J connectivity index is 1.84. The van der Waals surface area contributed by atoms with Crippen LogP contribution in [0, 0.1) is 0 Å². The Labute approximate surface area is 113 Å².